The molecule has 3 heteroatoms. The largest absolute Gasteiger partial charge is 0.214 e. The molecule has 0 N–H and O–H groups in total. The first-order valence-corrected chi connectivity index (χ1v) is 15.5. The molecule has 14 heavy (non-hydrogen) atoms. The van der Waals surface area contributed by atoms with Crippen LogP contribution in [0.25, 0.3) is 0 Å². The van der Waals surface area contributed by atoms with Crippen LogP contribution in [0.1, 0.15) is 0 Å². The summed E-state index contributed by atoms with van der Waals surface area (Å²) < 4.78 is 3.38. The first-order chi connectivity index (χ1) is 6.73. The minimum atomic E-state index is -1.96. The molecule has 2 aromatic rings. The van der Waals surface area contributed by atoms with Crippen LogP contribution >= 0.6 is 17.2 Å². The Morgan fingerprint density at radius 1 is 0.786 bits per heavy atom. The maximum Gasteiger partial charge on any atom is -0.172 e. The molecule has 0 saturated carbocycles. The molecule has 0 aromatic heterocycles. The molecule has 2 aromatic carbocycles. The molecular formula is C11H12Cl2Hf-2. The van der Waals surface area contributed by atoms with E-state index in [0.29, 0.717) is 0 Å². The van der Waals surface area contributed by atoms with Gasteiger partial charge in [-0.3, -0.25) is 0 Å². The fraction of sp³-hybridized carbons (Fsp3) is 0. The summed E-state index contributed by atoms with van der Waals surface area (Å²) in [6.07, 6.45) is 0. The second-order valence-corrected chi connectivity index (χ2v) is 13.7. The molecule has 0 saturated heterocycles. The smallest absolute Gasteiger partial charge is 0.172 e. The monoisotopic (exact) mass is 394 g/mol. The molecule has 0 fully saturated rings. The van der Waals surface area contributed by atoms with Crippen LogP contribution in [-0.4, -0.2) is 4.26 Å². The van der Waals surface area contributed by atoms with E-state index in [4.69, 9.17) is 17.2 Å². The van der Waals surface area contributed by atoms with Gasteiger partial charge in [0.1, 0.15) is 0 Å². The van der Waals surface area contributed by atoms with Crippen LogP contribution < -0.4 is 0 Å². The van der Waals surface area contributed by atoms with Crippen molar-refractivity contribution in [1.82, 2.24) is 0 Å². The SMILES string of the molecule is [CH2]=[Hf]([Cl])[Cl].c1cc[cH-]c1.c1cc[cH-]c1. The van der Waals surface area contributed by atoms with Gasteiger partial charge in [0.2, 0.25) is 0 Å². The molecule has 0 aliphatic heterocycles. The third-order valence-corrected chi connectivity index (χ3v) is 1.11. The minimum absolute atomic E-state index is 1.96. The standard InChI is InChI=1S/2C5H5.CH2.2ClH.Hf/c2*1-2-4-5-3-1;;;;/h2*1-5H;1H2;2*1H;/q2*-1;;;;+2/p-2. The Labute approximate surface area is 100.0 Å². The summed E-state index contributed by atoms with van der Waals surface area (Å²) in [5, 5.41) is 0. The van der Waals surface area contributed by atoms with Crippen molar-refractivity contribution in [3.05, 3.63) is 60.7 Å². The molecule has 0 unspecified atom stereocenters. The van der Waals surface area contributed by atoms with Crippen molar-refractivity contribution in [2.45, 2.75) is 0 Å². The number of rotatable bonds is 0. The maximum atomic E-state index is 5.14. The first-order valence-electron chi connectivity index (χ1n) is 4.06. The van der Waals surface area contributed by atoms with Crippen LogP contribution in [0.15, 0.2) is 60.7 Å². The summed E-state index contributed by atoms with van der Waals surface area (Å²) >= 11 is -1.96. The normalized spacial score (nSPS) is 7.57. The molecule has 0 heterocycles. The maximum absolute atomic E-state index is 5.14. The van der Waals surface area contributed by atoms with Crippen molar-refractivity contribution >= 4 is 21.4 Å². The van der Waals surface area contributed by atoms with E-state index in [2.05, 4.69) is 4.26 Å². The Balaban J connectivity index is 0.000000183. The third-order valence-electron chi connectivity index (χ3n) is 1.11. The molecule has 0 spiro atoms. The number of hydrogen-bond acceptors (Lipinski definition) is 0. The summed E-state index contributed by atoms with van der Waals surface area (Å²) in [5.74, 6) is 0. The van der Waals surface area contributed by atoms with Gasteiger partial charge in [0.05, 0.1) is 0 Å². The fourth-order valence-electron chi connectivity index (χ4n) is 0.642. The van der Waals surface area contributed by atoms with Gasteiger partial charge in [0, 0.05) is 0 Å². The van der Waals surface area contributed by atoms with Crippen molar-refractivity contribution in [2.24, 2.45) is 0 Å². The van der Waals surface area contributed by atoms with Gasteiger partial charge in [-0.1, -0.05) is 0 Å². The van der Waals surface area contributed by atoms with Crippen LogP contribution in [0, 0.1) is 0 Å². The zero-order valence-electron chi connectivity index (χ0n) is 7.74. The second kappa shape index (κ2) is 11.1. The number of hydrogen-bond donors (Lipinski definition) is 0. The van der Waals surface area contributed by atoms with Crippen molar-refractivity contribution in [3.63, 3.8) is 0 Å². The molecule has 0 radical (unpaired) electrons. The van der Waals surface area contributed by atoms with Gasteiger partial charge < -0.3 is 0 Å². The Hall–Kier alpha value is 0.0201. The molecule has 2 rings (SSSR count). The molecule has 0 aliphatic rings. The van der Waals surface area contributed by atoms with E-state index in [0.717, 1.165) is 0 Å². The van der Waals surface area contributed by atoms with Gasteiger partial charge >= 0.3 is 40.0 Å². The Morgan fingerprint density at radius 3 is 1.07 bits per heavy atom. The quantitative estimate of drug-likeness (QED) is 0.466. The average molecular weight is 394 g/mol. The molecule has 0 amide bonds. The summed E-state index contributed by atoms with van der Waals surface area (Å²) in [6, 6.07) is 20.0. The molecule has 0 bridgehead atoms. The van der Waals surface area contributed by atoms with Crippen molar-refractivity contribution in [2.75, 3.05) is 0 Å². The molecule has 0 aliphatic carbocycles. The van der Waals surface area contributed by atoms with Crippen LogP contribution in [0.3, 0.4) is 0 Å². The van der Waals surface area contributed by atoms with Gasteiger partial charge in [0.15, 0.2) is 0 Å². The summed E-state index contributed by atoms with van der Waals surface area (Å²) in [7, 11) is 10.3. The van der Waals surface area contributed by atoms with Crippen LogP contribution in [-0.2, 0) is 18.6 Å². The molecule has 76 valence electrons. The predicted octanol–water partition coefficient (Wildman–Crippen LogP) is 4.16. The second-order valence-electron chi connectivity index (χ2n) is 2.26. The van der Waals surface area contributed by atoms with Crippen LogP contribution in [0.4, 0.5) is 0 Å². The Morgan fingerprint density at radius 2 is 1.00 bits per heavy atom. The zero-order chi connectivity index (χ0) is 10.6. The van der Waals surface area contributed by atoms with Crippen LogP contribution in [0.5, 0.6) is 0 Å². The van der Waals surface area contributed by atoms with Gasteiger partial charge in [-0.15, -0.1) is 0 Å². The van der Waals surface area contributed by atoms with Gasteiger partial charge in [-0.25, -0.2) is 24.3 Å². The third kappa shape index (κ3) is 14.5. The van der Waals surface area contributed by atoms with Crippen molar-refractivity contribution in [1.29, 1.82) is 0 Å². The van der Waals surface area contributed by atoms with Crippen molar-refractivity contribution < 1.29 is 18.6 Å². The molecule has 0 atom stereocenters. The topological polar surface area (TPSA) is 0 Å². The Kier molecular flexibility index (Phi) is 11.1. The Bertz CT molecular complexity index is 220. The predicted molar refractivity (Wildman–Crippen MR) is 62.9 cm³/mol. The minimum Gasteiger partial charge on any atom is -0.214 e. The van der Waals surface area contributed by atoms with E-state index in [1.807, 2.05) is 60.7 Å². The summed E-state index contributed by atoms with van der Waals surface area (Å²) in [6.45, 7) is 0. The van der Waals surface area contributed by atoms with Gasteiger partial charge in [-0.2, -0.15) is 36.4 Å². The zero-order valence-corrected chi connectivity index (χ0v) is 12.8. The average Bonchev–Trinajstić information content (AvgIpc) is 2.83. The van der Waals surface area contributed by atoms with Gasteiger partial charge in [-0.05, 0) is 0 Å². The van der Waals surface area contributed by atoms with E-state index in [1.54, 1.807) is 0 Å². The van der Waals surface area contributed by atoms with Crippen molar-refractivity contribution in [3.8, 4) is 0 Å². The number of halogens is 2. The summed E-state index contributed by atoms with van der Waals surface area (Å²) in [4.78, 5) is 0. The summed E-state index contributed by atoms with van der Waals surface area (Å²) in [5.41, 5.74) is 0. The fourth-order valence-corrected chi connectivity index (χ4v) is 0.642. The van der Waals surface area contributed by atoms with E-state index < -0.39 is 18.6 Å². The van der Waals surface area contributed by atoms with E-state index in [9.17, 15) is 0 Å². The molecular weight excluding hydrogens is 382 g/mol. The van der Waals surface area contributed by atoms with Gasteiger partial charge in [0.25, 0.3) is 0 Å². The van der Waals surface area contributed by atoms with Crippen LogP contribution in [0.2, 0.25) is 0 Å². The van der Waals surface area contributed by atoms with E-state index >= 15 is 0 Å². The first kappa shape index (κ1) is 14.0. The van der Waals surface area contributed by atoms with E-state index in [1.165, 1.54) is 0 Å². The van der Waals surface area contributed by atoms with E-state index in [-0.39, 0.29) is 0 Å². The molecule has 0 nitrogen and oxygen atoms in total.